The van der Waals surface area contributed by atoms with Crippen LogP contribution in [0.2, 0.25) is 0 Å². The van der Waals surface area contributed by atoms with Gasteiger partial charge in [0.05, 0.1) is 24.3 Å². The van der Waals surface area contributed by atoms with Crippen LogP contribution >= 0.6 is 0 Å². The van der Waals surface area contributed by atoms with E-state index in [0.29, 0.717) is 17.5 Å². The fourth-order valence-electron chi connectivity index (χ4n) is 4.20. The maximum atomic E-state index is 12.7. The lowest BCUT2D eigenvalue weighted by Gasteiger charge is -2.28. The molecule has 2 aliphatic rings. The Hall–Kier alpha value is -3.03. The van der Waals surface area contributed by atoms with Crippen molar-refractivity contribution >= 4 is 17.7 Å². The first kappa shape index (κ1) is 21.2. The monoisotopic (exact) mass is 422 g/mol. The molecule has 0 aliphatic carbocycles. The standard InChI is InChI=1S/C24H27N3O4/c28-22(11-6-12-27-23(29)19-9-4-5-10-20(19)24(27)30)25-21(18-7-2-1-3-8-18)17-26-13-15-31-16-14-26/h1-5,7-10,21H,6,11-17H2,(H,25,28)/p+1/t21-/m1/s1. The molecule has 0 bridgehead atoms. The number of imide groups is 1. The lowest BCUT2D eigenvalue weighted by atomic mass is 10.1. The second-order valence-corrected chi connectivity index (χ2v) is 8.01. The first-order valence-electron chi connectivity index (χ1n) is 10.8. The van der Waals surface area contributed by atoms with Crippen LogP contribution in [0.3, 0.4) is 0 Å². The summed E-state index contributed by atoms with van der Waals surface area (Å²) in [7, 11) is 0. The van der Waals surface area contributed by atoms with E-state index >= 15 is 0 Å². The molecule has 0 spiro atoms. The van der Waals surface area contributed by atoms with E-state index in [1.54, 1.807) is 24.3 Å². The first-order chi connectivity index (χ1) is 15.1. The molecular formula is C24H28N3O4+. The van der Waals surface area contributed by atoms with E-state index in [4.69, 9.17) is 4.74 Å². The second-order valence-electron chi connectivity index (χ2n) is 8.01. The Bertz CT molecular complexity index is 906. The van der Waals surface area contributed by atoms with Crippen LogP contribution in [0.5, 0.6) is 0 Å². The van der Waals surface area contributed by atoms with E-state index in [1.165, 1.54) is 9.80 Å². The van der Waals surface area contributed by atoms with E-state index in [9.17, 15) is 14.4 Å². The maximum Gasteiger partial charge on any atom is 0.261 e. The summed E-state index contributed by atoms with van der Waals surface area (Å²) in [6.45, 7) is 4.38. The summed E-state index contributed by atoms with van der Waals surface area (Å²) in [5, 5.41) is 3.16. The molecule has 0 unspecified atom stereocenters. The van der Waals surface area contributed by atoms with Gasteiger partial charge in [-0.3, -0.25) is 19.3 Å². The van der Waals surface area contributed by atoms with Gasteiger partial charge in [0.2, 0.25) is 5.91 Å². The Morgan fingerprint density at radius 1 is 0.968 bits per heavy atom. The highest BCUT2D eigenvalue weighted by Gasteiger charge is 2.34. The number of hydrogen-bond donors (Lipinski definition) is 2. The second kappa shape index (κ2) is 9.85. The summed E-state index contributed by atoms with van der Waals surface area (Å²) in [4.78, 5) is 40.3. The van der Waals surface area contributed by atoms with Crippen molar-refractivity contribution < 1.29 is 24.0 Å². The molecule has 2 N–H and O–H groups in total. The molecule has 1 fully saturated rings. The number of fused-ring (bicyclic) bond motifs is 1. The largest absolute Gasteiger partial charge is 0.370 e. The Morgan fingerprint density at radius 2 is 1.58 bits per heavy atom. The summed E-state index contributed by atoms with van der Waals surface area (Å²) in [6, 6.07) is 16.7. The third-order valence-corrected chi connectivity index (χ3v) is 5.89. The molecule has 7 heteroatoms. The van der Waals surface area contributed by atoms with Crippen LogP contribution in [0.15, 0.2) is 54.6 Å². The van der Waals surface area contributed by atoms with Gasteiger partial charge in [0.15, 0.2) is 0 Å². The fraction of sp³-hybridized carbons (Fsp3) is 0.375. The van der Waals surface area contributed by atoms with Gasteiger partial charge in [-0.2, -0.15) is 0 Å². The molecule has 2 aromatic rings. The van der Waals surface area contributed by atoms with Gasteiger partial charge < -0.3 is 15.0 Å². The van der Waals surface area contributed by atoms with E-state index in [-0.39, 0.29) is 36.7 Å². The lowest BCUT2D eigenvalue weighted by molar-refractivity contribution is -0.909. The molecule has 1 saturated heterocycles. The summed E-state index contributed by atoms with van der Waals surface area (Å²) in [5.41, 5.74) is 1.96. The van der Waals surface area contributed by atoms with Crippen LogP contribution < -0.4 is 10.2 Å². The van der Waals surface area contributed by atoms with E-state index in [2.05, 4.69) is 5.32 Å². The lowest BCUT2D eigenvalue weighted by Crippen LogP contribution is -3.14. The first-order valence-corrected chi connectivity index (χ1v) is 10.8. The van der Waals surface area contributed by atoms with Crippen LogP contribution in [0.1, 0.15) is 45.2 Å². The number of ether oxygens (including phenoxy) is 1. The summed E-state index contributed by atoms with van der Waals surface area (Å²) in [6.07, 6.45) is 0.693. The molecule has 2 aliphatic heterocycles. The molecule has 0 radical (unpaired) electrons. The molecular weight excluding hydrogens is 394 g/mol. The molecule has 0 aromatic heterocycles. The predicted molar refractivity (Wildman–Crippen MR) is 115 cm³/mol. The minimum Gasteiger partial charge on any atom is -0.370 e. The smallest absolute Gasteiger partial charge is 0.261 e. The van der Waals surface area contributed by atoms with Crippen LogP contribution in [0, 0.1) is 0 Å². The van der Waals surface area contributed by atoms with E-state index < -0.39 is 0 Å². The Labute approximate surface area is 182 Å². The zero-order valence-electron chi connectivity index (χ0n) is 17.5. The average Bonchev–Trinajstić information content (AvgIpc) is 3.05. The van der Waals surface area contributed by atoms with Crippen LogP contribution in [-0.2, 0) is 9.53 Å². The summed E-state index contributed by atoms with van der Waals surface area (Å²) in [5.74, 6) is -0.628. The Kier molecular flexibility index (Phi) is 6.74. The van der Waals surface area contributed by atoms with Crippen LogP contribution in [0.4, 0.5) is 0 Å². The van der Waals surface area contributed by atoms with Crippen molar-refractivity contribution in [3.63, 3.8) is 0 Å². The Morgan fingerprint density at radius 3 is 2.23 bits per heavy atom. The molecule has 7 nitrogen and oxygen atoms in total. The van der Waals surface area contributed by atoms with Gasteiger partial charge in [-0.15, -0.1) is 0 Å². The SMILES string of the molecule is O=C(CCCN1C(=O)c2ccccc2C1=O)N[C@H](C[NH+]1CCOCC1)c1ccccc1. The van der Waals surface area contributed by atoms with Gasteiger partial charge in [0.25, 0.3) is 11.8 Å². The van der Waals surface area contributed by atoms with Gasteiger partial charge in [-0.1, -0.05) is 42.5 Å². The summed E-state index contributed by atoms with van der Waals surface area (Å²) >= 11 is 0. The van der Waals surface area contributed by atoms with Gasteiger partial charge in [-0.25, -0.2) is 0 Å². The predicted octanol–water partition coefficient (Wildman–Crippen LogP) is 0.835. The molecule has 162 valence electrons. The molecule has 2 heterocycles. The number of benzene rings is 2. The number of quaternary nitrogens is 1. The zero-order valence-corrected chi connectivity index (χ0v) is 17.5. The molecule has 2 aromatic carbocycles. The molecule has 3 amide bonds. The van der Waals surface area contributed by atoms with Crippen molar-refractivity contribution in [3.8, 4) is 0 Å². The van der Waals surface area contributed by atoms with Crippen molar-refractivity contribution in [2.45, 2.75) is 18.9 Å². The summed E-state index contributed by atoms with van der Waals surface area (Å²) < 4.78 is 5.44. The molecule has 31 heavy (non-hydrogen) atoms. The number of amides is 3. The number of hydrogen-bond acceptors (Lipinski definition) is 4. The number of carbonyl (C=O) groups is 3. The highest BCUT2D eigenvalue weighted by Crippen LogP contribution is 2.22. The minimum atomic E-state index is -0.279. The van der Waals surface area contributed by atoms with Crippen molar-refractivity contribution in [3.05, 3.63) is 71.3 Å². The number of morpholine rings is 1. The highest BCUT2D eigenvalue weighted by molar-refractivity contribution is 6.21. The molecule has 1 atom stereocenters. The number of nitrogens with zero attached hydrogens (tertiary/aromatic N) is 1. The van der Waals surface area contributed by atoms with Crippen molar-refractivity contribution in [2.75, 3.05) is 39.4 Å². The average molecular weight is 423 g/mol. The third kappa shape index (κ3) is 5.00. The Balaban J connectivity index is 1.32. The van der Waals surface area contributed by atoms with Gasteiger partial charge in [0.1, 0.15) is 25.7 Å². The van der Waals surface area contributed by atoms with Crippen molar-refractivity contribution in [1.82, 2.24) is 10.2 Å². The van der Waals surface area contributed by atoms with Crippen LogP contribution in [-0.4, -0.2) is 62.0 Å². The van der Waals surface area contributed by atoms with Gasteiger partial charge in [-0.05, 0) is 24.1 Å². The van der Waals surface area contributed by atoms with Crippen molar-refractivity contribution in [1.29, 1.82) is 0 Å². The normalized spacial score (nSPS) is 17.5. The molecule has 0 saturated carbocycles. The van der Waals surface area contributed by atoms with Crippen molar-refractivity contribution in [2.24, 2.45) is 0 Å². The fourth-order valence-corrected chi connectivity index (χ4v) is 4.20. The van der Waals surface area contributed by atoms with E-state index in [0.717, 1.165) is 38.4 Å². The number of rotatable bonds is 8. The third-order valence-electron chi connectivity index (χ3n) is 5.89. The minimum absolute atomic E-state index is 0.0712. The quantitative estimate of drug-likeness (QED) is 0.618. The topological polar surface area (TPSA) is 80.2 Å². The number of carbonyl (C=O) groups excluding carboxylic acids is 3. The highest BCUT2D eigenvalue weighted by atomic mass is 16.5. The van der Waals surface area contributed by atoms with E-state index in [1.807, 2.05) is 30.3 Å². The van der Waals surface area contributed by atoms with Crippen LogP contribution in [0.25, 0.3) is 0 Å². The van der Waals surface area contributed by atoms with Gasteiger partial charge in [0, 0.05) is 13.0 Å². The maximum absolute atomic E-state index is 12.7. The zero-order chi connectivity index (χ0) is 21.6. The number of nitrogens with one attached hydrogen (secondary N) is 2. The molecule has 4 rings (SSSR count). The van der Waals surface area contributed by atoms with Gasteiger partial charge >= 0.3 is 0 Å².